The Hall–Kier alpha value is -0.960. The Kier molecular flexibility index (Phi) is 0.960. The van der Waals surface area contributed by atoms with Crippen molar-refractivity contribution < 1.29 is 0 Å². The molecule has 2 aromatic rings. The molecule has 44 valence electrons. The molecule has 0 fully saturated rings. The van der Waals surface area contributed by atoms with E-state index in [0.29, 0.717) is 0 Å². The number of rotatable bonds is 0. The molecule has 0 saturated carbocycles. The quantitative estimate of drug-likeness (QED) is 0.550. The van der Waals surface area contributed by atoms with Crippen molar-refractivity contribution in [2.24, 2.45) is 0 Å². The van der Waals surface area contributed by atoms with Gasteiger partial charge in [-0.15, -0.1) is 0 Å². The van der Waals surface area contributed by atoms with E-state index in [2.05, 4.69) is 9.36 Å². The van der Waals surface area contributed by atoms with Gasteiger partial charge in [-0.3, -0.25) is 0 Å². The number of fused-ring (bicyclic) bond motifs is 1. The number of hydrogen-bond acceptors (Lipinski definition) is 3. The smallest absolute Gasteiger partial charge is 0.172 e. The van der Waals surface area contributed by atoms with E-state index in [4.69, 9.17) is 0 Å². The first-order chi connectivity index (χ1) is 4.47. The van der Waals surface area contributed by atoms with E-state index in [9.17, 15) is 0 Å². The molecule has 0 bridgehead atoms. The van der Waals surface area contributed by atoms with Crippen LogP contribution in [-0.2, 0) is 0 Å². The van der Waals surface area contributed by atoms with Crippen LogP contribution in [0.5, 0.6) is 0 Å². The molecular formula is C6H4N2S. The Balaban J connectivity index is 2.95. The lowest BCUT2D eigenvalue weighted by molar-refractivity contribution is 1.37. The Morgan fingerprint density at radius 3 is 3.33 bits per heavy atom. The second kappa shape index (κ2) is 1.77. The zero-order valence-electron chi connectivity index (χ0n) is 4.61. The third kappa shape index (κ3) is 0.695. The summed E-state index contributed by atoms with van der Waals surface area (Å²) in [4.78, 5) is 4.04. The van der Waals surface area contributed by atoms with Gasteiger partial charge in [0.1, 0.15) is 0 Å². The van der Waals surface area contributed by atoms with Gasteiger partial charge in [-0.2, -0.15) is 4.37 Å². The third-order valence-electron chi connectivity index (χ3n) is 1.14. The van der Waals surface area contributed by atoms with Gasteiger partial charge >= 0.3 is 0 Å². The summed E-state index contributed by atoms with van der Waals surface area (Å²) < 4.78 is 4.05. The van der Waals surface area contributed by atoms with Gasteiger partial charge in [-0.25, -0.2) is 4.98 Å². The standard InChI is InChI=1S/C6H4N2S/c1-2-5-4-9-8-6(5)7-3-1/h1-4H. The van der Waals surface area contributed by atoms with Crippen LogP contribution in [0, 0.1) is 0 Å². The molecule has 2 heterocycles. The minimum atomic E-state index is 0.850. The Labute approximate surface area is 56.3 Å². The monoisotopic (exact) mass is 136 g/mol. The van der Waals surface area contributed by atoms with Crippen molar-refractivity contribution in [1.29, 1.82) is 0 Å². The van der Waals surface area contributed by atoms with Gasteiger partial charge in [0.2, 0.25) is 0 Å². The van der Waals surface area contributed by atoms with Crippen molar-refractivity contribution in [2.45, 2.75) is 0 Å². The zero-order chi connectivity index (χ0) is 6.10. The highest BCUT2D eigenvalue weighted by molar-refractivity contribution is 7.04. The molecule has 0 aromatic carbocycles. The predicted molar refractivity (Wildman–Crippen MR) is 37.4 cm³/mol. The lowest BCUT2D eigenvalue weighted by atomic mass is 10.4. The summed E-state index contributed by atoms with van der Waals surface area (Å²) in [6.45, 7) is 0. The lowest BCUT2D eigenvalue weighted by Gasteiger charge is -1.80. The van der Waals surface area contributed by atoms with Crippen LogP contribution in [0.15, 0.2) is 23.7 Å². The Bertz CT molecular complexity index is 285. The maximum atomic E-state index is 4.05. The second-order valence-corrected chi connectivity index (χ2v) is 2.36. The van der Waals surface area contributed by atoms with Crippen molar-refractivity contribution in [3.63, 3.8) is 0 Å². The normalized spacial score (nSPS) is 10.2. The van der Waals surface area contributed by atoms with E-state index in [1.54, 1.807) is 6.20 Å². The molecule has 0 N–H and O–H groups in total. The average molecular weight is 136 g/mol. The SMILES string of the molecule is c1cnc2nscc2c1. The van der Waals surface area contributed by atoms with Gasteiger partial charge in [0.05, 0.1) is 0 Å². The minimum absolute atomic E-state index is 0.850. The van der Waals surface area contributed by atoms with E-state index < -0.39 is 0 Å². The van der Waals surface area contributed by atoms with Crippen molar-refractivity contribution in [3.05, 3.63) is 23.7 Å². The lowest BCUT2D eigenvalue weighted by Crippen LogP contribution is -1.70. The van der Waals surface area contributed by atoms with E-state index in [-0.39, 0.29) is 0 Å². The molecule has 0 aliphatic heterocycles. The molecule has 0 saturated heterocycles. The molecule has 2 aromatic heterocycles. The summed E-state index contributed by atoms with van der Waals surface area (Å²) in [6, 6.07) is 3.92. The average Bonchev–Trinajstić information content (AvgIpc) is 2.33. The van der Waals surface area contributed by atoms with E-state index >= 15 is 0 Å². The molecule has 0 radical (unpaired) electrons. The van der Waals surface area contributed by atoms with Gasteiger partial charge in [0.15, 0.2) is 5.65 Å². The van der Waals surface area contributed by atoms with Crippen LogP contribution in [0.3, 0.4) is 0 Å². The van der Waals surface area contributed by atoms with E-state index in [1.807, 2.05) is 17.5 Å². The van der Waals surface area contributed by atoms with Gasteiger partial charge in [-0.05, 0) is 23.7 Å². The molecule has 0 aliphatic rings. The zero-order valence-corrected chi connectivity index (χ0v) is 5.43. The summed E-state index contributed by atoms with van der Waals surface area (Å²) in [7, 11) is 0. The predicted octanol–water partition coefficient (Wildman–Crippen LogP) is 1.69. The highest BCUT2D eigenvalue weighted by atomic mass is 32.1. The minimum Gasteiger partial charge on any atom is -0.236 e. The fraction of sp³-hybridized carbons (Fsp3) is 0. The first-order valence-electron chi connectivity index (χ1n) is 2.62. The Morgan fingerprint density at radius 1 is 1.44 bits per heavy atom. The van der Waals surface area contributed by atoms with E-state index in [0.717, 1.165) is 11.0 Å². The largest absolute Gasteiger partial charge is 0.236 e. The molecule has 3 heteroatoms. The number of hydrogen-bond donors (Lipinski definition) is 0. The first kappa shape index (κ1) is 4.88. The number of nitrogens with zero attached hydrogens (tertiary/aromatic N) is 2. The van der Waals surface area contributed by atoms with Gasteiger partial charge in [0, 0.05) is 17.0 Å². The molecule has 0 unspecified atom stereocenters. The van der Waals surface area contributed by atoms with Crippen LogP contribution in [-0.4, -0.2) is 9.36 Å². The van der Waals surface area contributed by atoms with Crippen LogP contribution in [0.2, 0.25) is 0 Å². The van der Waals surface area contributed by atoms with E-state index in [1.165, 1.54) is 11.5 Å². The van der Waals surface area contributed by atoms with Crippen molar-refractivity contribution >= 4 is 22.6 Å². The fourth-order valence-corrected chi connectivity index (χ4v) is 1.31. The number of aromatic nitrogens is 2. The van der Waals surface area contributed by atoms with Crippen molar-refractivity contribution in [3.8, 4) is 0 Å². The topological polar surface area (TPSA) is 25.8 Å². The van der Waals surface area contributed by atoms with Gasteiger partial charge in [0.25, 0.3) is 0 Å². The Morgan fingerprint density at radius 2 is 2.44 bits per heavy atom. The molecule has 0 atom stereocenters. The summed E-state index contributed by atoms with van der Waals surface area (Å²) in [5.41, 5.74) is 0.850. The van der Waals surface area contributed by atoms with Crippen molar-refractivity contribution in [2.75, 3.05) is 0 Å². The maximum Gasteiger partial charge on any atom is 0.172 e. The molecule has 2 rings (SSSR count). The molecule has 9 heavy (non-hydrogen) atoms. The van der Waals surface area contributed by atoms with Crippen LogP contribution < -0.4 is 0 Å². The number of pyridine rings is 1. The first-order valence-corrected chi connectivity index (χ1v) is 3.45. The third-order valence-corrected chi connectivity index (χ3v) is 1.77. The summed E-state index contributed by atoms with van der Waals surface area (Å²) in [6.07, 6.45) is 1.75. The second-order valence-electron chi connectivity index (χ2n) is 1.73. The molecular weight excluding hydrogens is 132 g/mol. The highest BCUT2D eigenvalue weighted by Gasteiger charge is 1.91. The summed E-state index contributed by atoms with van der Waals surface area (Å²) in [5, 5.41) is 3.12. The van der Waals surface area contributed by atoms with Gasteiger partial charge in [-0.1, -0.05) is 0 Å². The molecule has 2 nitrogen and oxygen atoms in total. The van der Waals surface area contributed by atoms with Crippen LogP contribution >= 0.6 is 11.5 Å². The van der Waals surface area contributed by atoms with Gasteiger partial charge < -0.3 is 0 Å². The fourth-order valence-electron chi connectivity index (χ4n) is 0.711. The maximum absolute atomic E-state index is 4.05. The van der Waals surface area contributed by atoms with Crippen LogP contribution in [0.1, 0.15) is 0 Å². The van der Waals surface area contributed by atoms with Crippen LogP contribution in [0.25, 0.3) is 11.0 Å². The van der Waals surface area contributed by atoms with Crippen molar-refractivity contribution in [1.82, 2.24) is 9.36 Å². The summed E-state index contributed by atoms with van der Waals surface area (Å²) >= 11 is 1.44. The highest BCUT2D eigenvalue weighted by Crippen LogP contribution is 2.09. The molecule has 0 spiro atoms. The van der Waals surface area contributed by atoms with Crippen LogP contribution in [0.4, 0.5) is 0 Å². The molecule has 0 amide bonds. The summed E-state index contributed by atoms with van der Waals surface area (Å²) in [5.74, 6) is 0. The molecule has 0 aliphatic carbocycles.